The zero-order chi connectivity index (χ0) is 7.40. The summed E-state index contributed by atoms with van der Waals surface area (Å²) in [5, 5.41) is 3.41. The minimum atomic E-state index is 0. The standard InChI is InChI=1S/C9H19N.ClH/c1-3-4-8(2)9-5-6-10-7-9;/h8-10H,3-7H2,1-2H3;1H. The first kappa shape index (κ1) is 11.2. The third kappa shape index (κ3) is 3.44. The van der Waals surface area contributed by atoms with Crippen LogP contribution in [-0.4, -0.2) is 13.1 Å². The molecule has 0 radical (unpaired) electrons. The van der Waals surface area contributed by atoms with Gasteiger partial charge < -0.3 is 5.32 Å². The van der Waals surface area contributed by atoms with Gasteiger partial charge in [0.15, 0.2) is 0 Å². The first-order chi connectivity index (χ1) is 4.84. The molecule has 1 heterocycles. The van der Waals surface area contributed by atoms with E-state index in [2.05, 4.69) is 19.2 Å². The van der Waals surface area contributed by atoms with Crippen molar-refractivity contribution in [2.24, 2.45) is 11.8 Å². The van der Waals surface area contributed by atoms with E-state index in [1.54, 1.807) is 0 Å². The van der Waals surface area contributed by atoms with Crippen molar-refractivity contribution >= 4 is 12.4 Å². The molecule has 0 saturated carbocycles. The Kier molecular flexibility index (Phi) is 5.98. The van der Waals surface area contributed by atoms with E-state index in [0.717, 1.165) is 11.8 Å². The minimum Gasteiger partial charge on any atom is -0.316 e. The molecule has 1 N–H and O–H groups in total. The first-order valence-corrected chi connectivity index (χ1v) is 4.55. The highest BCUT2D eigenvalue weighted by atomic mass is 35.5. The van der Waals surface area contributed by atoms with Crippen molar-refractivity contribution in [1.82, 2.24) is 5.32 Å². The molecular formula is C9H20ClN. The lowest BCUT2D eigenvalue weighted by Gasteiger charge is -2.16. The number of hydrogen-bond donors (Lipinski definition) is 1. The molecule has 0 bridgehead atoms. The smallest absolute Gasteiger partial charge is 0.00175 e. The summed E-state index contributed by atoms with van der Waals surface area (Å²) in [7, 11) is 0. The third-order valence-electron chi connectivity index (χ3n) is 2.65. The van der Waals surface area contributed by atoms with Gasteiger partial charge in [0.1, 0.15) is 0 Å². The van der Waals surface area contributed by atoms with Crippen LogP contribution < -0.4 is 5.32 Å². The summed E-state index contributed by atoms with van der Waals surface area (Å²) in [5.74, 6) is 1.92. The first-order valence-electron chi connectivity index (χ1n) is 4.55. The van der Waals surface area contributed by atoms with Crippen LogP contribution in [0.25, 0.3) is 0 Å². The van der Waals surface area contributed by atoms with E-state index >= 15 is 0 Å². The SMILES string of the molecule is CCCC(C)C1CCNC1.Cl. The van der Waals surface area contributed by atoms with Gasteiger partial charge in [0.2, 0.25) is 0 Å². The Hall–Kier alpha value is 0.250. The Morgan fingerprint density at radius 2 is 2.27 bits per heavy atom. The van der Waals surface area contributed by atoms with E-state index < -0.39 is 0 Å². The van der Waals surface area contributed by atoms with Crippen LogP contribution in [0.2, 0.25) is 0 Å². The Morgan fingerprint density at radius 1 is 1.55 bits per heavy atom. The molecule has 1 saturated heterocycles. The normalized spacial score (nSPS) is 26.2. The zero-order valence-electron chi connectivity index (χ0n) is 7.60. The molecular weight excluding hydrogens is 158 g/mol. The lowest BCUT2D eigenvalue weighted by Crippen LogP contribution is -2.15. The molecule has 1 aliphatic rings. The van der Waals surface area contributed by atoms with Gasteiger partial charge in [-0.25, -0.2) is 0 Å². The van der Waals surface area contributed by atoms with Crippen molar-refractivity contribution in [3.8, 4) is 0 Å². The monoisotopic (exact) mass is 177 g/mol. The van der Waals surface area contributed by atoms with Gasteiger partial charge in [0.05, 0.1) is 0 Å². The van der Waals surface area contributed by atoms with Crippen molar-refractivity contribution in [3.63, 3.8) is 0 Å². The van der Waals surface area contributed by atoms with Gasteiger partial charge in [-0.1, -0.05) is 26.7 Å². The summed E-state index contributed by atoms with van der Waals surface area (Å²) >= 11 is 0. The Bertz CT molecular complexity index is 89.6. The summed E-state index contributed by atoms with van der Waals surface area (Å²) in [4.78, 5) is 0. The van der Waals surface area contributed by atoms with Crippen LogP contribution in [0.1, 0.15) is 33.1 Å². The average Bonchev–Trinajstić information content (AvgIpc) is 2.38. The highest BCUT2D eigenvalue weighted by Gasteiger charge is 2.19. The van der Waals surface area contributed by atoms with Crippen LogP contribution in [0.4, 0.5) is 0 Å². The molecule has 2 atom stereocenters. The molecule has 0 aromatic carbocycles. The number of nitrogens with one attached hydrogen (secondary N) is 1. The molecule has 0 aromatic rings. The molecule has 1 rings (SSSR count). The predicted molar refractivity (Wildman–Crippen MR) is 52.3 cm³/mol. The summed E-state index contributed by atoms with van der Waals surface area (Å²) in [6.07, 6.45) is 4.16. The molecule has 0 amide bonds. The van der Waals surface area contributed by atoms with Gasteiger partial charge in [-0.2, -0.15) is 0 Å². The number of rotatable bonds is 3. The maximum Gasteiger partial charge on any atom is -0.00175 e. The van der Waals surface area contributed by atoms with E-state index in [4.69, 9.17) is 0 Å². The van der Waals surface area contributed by atoms with Crippen LogP contribution >= 0.6 is 12.4 Å². The van der Waals surface area contributed by atoms with E-state index in [9.17, 15) is 0 Å². The van der Waals surface area contributed by atoms with Crippen LogP contribution in [-0.2, 0) is 0 Å². The molecule has 0 aliphatic carbocycles. The van der Waals surface area contributed by atoms with Gasteiger partial charge in [0.25, 0.3) is 0 Å². The second-order valence-corrected chi connectivity index (χ2v) is 3.52. The second-order valence-electron chi connectivity index (χ2n) is 3.52. The Balaban J connectivity index is 0.000001000. The summed E-state index contributed by atoms with van der Waals surface area (Å²) in [5.41, 5.74) is 0. The molecule has 11 heavy (non-hydrogen) atoms. The van der Waals surface area contributed by atoms with E-state index in [-0.39, 0.29) is 12.4 Å². The molecule has 0 spiro atoms. The van der Waals surface area contributed by atoms with Gasteiger partial charge in [-0.15, -0.1) is 12.4 Å². The summed E-state index contributed by atoms with van der Waals surface area (Å²) in [6.45, 7) is 7.18. The lowest BCUT2D eigenvalue weighted by molar-refractivity contribution is 0.361. The molecule has 68 valence electrons. The lowest BCUT2D eigenvalue weighted by atomic mass is 9.90. The van der Waals surface area contributed by atoms with E-state index in [1.807, 2.05) is 0 Å². The fourth-order valence-electron chi connectivity index (χ4n) is 1.85. The minimum absolute atomic E-state index is 0. The van der Waals surface area contributed by atoms with Crippen LogP contribution in [0.5, 0.6) is 0 Å². The highest BCUT2D eigenvalue weighted by molar-refractivity contribution is 5.85. The molecule has 1 nitrogen and oxygen atoms in total. The average molecular weight is 178 g/mol. The Morgan fingerprint density at radius 3 is 2.73 bits per heavy atom. The van der Waals surface area contributed by atoms with Crippen molar-refractivity contribution in [3.05, 3.63) is 0 Å². The number of halogens is 1. The van der Waals surface area contributed by atoms with Crippen LogP contribution in [0, 0.1) is 11.8 Å². The van der Waals surface area contributed by atoms with Gasteiger partial charge in [-0.3, -0.25) is 0 Å². The topological polar surface area (TPSA) is 12.0 Å². The molecule has 0 aromatic heterocycles. The van der Waals surface area contributed by atoms with Crippen LogP contribution in [0.3, 0.4) is 0 Å². The second kappa shape index (κ2) is 5.84. The summed E-state index contributed by atoms with van der Waals surface area (Å²) in [6, 6.07) is 0. The largest absolute Gasteiger partial charge is 0.316 e. The van der Waals surface area contributed by atoms with E-state index in [1.165, 1.54) is 32.4 Å². The highest BCUT2D eigenvalue weighted by Crippen LogP contribution is 2.22. The van der Waals surface area contributed by atoms with Gasteiger partial charge in [0, 0.05) is 0 Å². The maximum absolute atomic E-state index is 3.41. The van der Waals surface area contributed by atoms with Crippen molar-refractivity contribution in [2.75, 3.05) is 13.1 Å². The fraction of sp³-hybridized carbons (Fsp3) is 1.00. The third-order valence-corrected chi connectivity index (χ3v) is 2.65. The fourth-order valence-corrected chi connectivity index (χ4v) is 1.85. The number of hydrogen-bond acceptors (Lipinski definition) is 1. The van der Waals surface area contributed by atoms with Gasteiger partial charge in [-0.05, 0) is 31.3 Å². The predicted octanol–water partition coefficient (Wildman–Crippen LogP) is 2.45. The van der Waals surface area contributed by atoms with Crippen molar-refractivity contribution in [2.45, 2.75) is 33.1 Å². The Labute approximate surface area is 76.4 Å². The summed E-state index contributed by atoms with van der Waals surface area (Å²) < 4.78 is 0. The molecule has 2 unspecified atom stereocenters. The molecule has 2 heteroatoms. The molecule has 1 fully saturated rings. The van der Waals surface area contributed by atoms with Crippen LogP contribution in [0.15, 0.2) is 0 Å². The maximum atomic E-state index is 3.41. The van der Waals surface area contributed by atoms with Crippen molar-refractivity contribution in [1.29, 1.82) is 0 Å². The quantitative estimate of drug-likeness (QED) is 0.699. The van der Waals surface area contributed by atoms with Crippen molar-refractivity contribution < 1.29 is 0 Å². The van der Waals surface area contributed by atoms with Gasteiger partial charge >= 0.3 is 0 Å². The van der Waals surface area contributed by atoms with E-state index in [0.29, 0.717) is 0 Å². The zero-order valence-corrected chi connectivity index (χ0v) is 8.41. The molecule has 1 aliphatic heterocycles.